The van der Waals surface area contributed by atoms with Crippen LogP contribution in [0, 0.1) is 0 Å². The minimum Gasteiger partial charge on any atom is -0.462 e. The number of allylic oxidation sites excluding steroid dienone is 6. The van der Waals surface area contributed by atoms with Crippen molar-refractivity contribution >= 4 is 19.8 Å². The zero-order valence-corrected chi connectivity index (χ0v) is 33.0. The number of ether oxygens (including phenoxy) is 2. The Morgan fingerprint density at radius 2 is 1.08 bits per heavy atom. The zero-order chi connectivity index (χ0) is 37.7. The summed E-state index contributed by atoms with van der Waals surface area (Å²) in [6, 6.07) is 0. The van der Waals surface area contributed by atoms with Gasteiger partial charge in [0.1, 0.15) is 12.7 Å². The lowest BCUT2D eigenvalue weighted by Crippen LogP contribution is -2.29. The quantitative estimate of drug-likeness (QED) is 0.0243. The SMILES string of the molecule is CC/C=C\C/C=C\C/C=C\CCCCCC(=O)OC(COC(=O)CCCCCCCCCCCCCCCCC)COP(=O)(O)OCC(O)CO. The van der Waals surface area contributed by atoms with E-state index in [2.05, 4.69) is 54.8 Å². The first-order valence-corrected chi connectivity index (χ1v) is 21.4. The molecule has 0 aromatic rings. The fourth-order valence-electron chi connectivity index (χ4n) is 5.24. The van der Waals surface area contributed by atoms with Crippen LogP contribution in [0.2, 0.25) is 0 Å². The molecule has 0 saturated carbocycles. The molecule has 0 amide bonds. The molecular weight excluding hydrogens is 671 g/mol. The lowest BCUT2D eigenvalue weighted by molar-refractivity contribution is -0.161. The normalized spacial score (nSPS) is 14.4. The van der Waals surface area contributed by atoms with Crippen LogP contribution in [-0.2, 0) is 32.7 Å². The van der Waals surface area contributed by atoms with Crippen LogP contribution in [0.4, 0.5) is 0 Å². The Morgan fingerprint density at radius 1 is 0.608 bits per heavy atom. The second kappa shape index (κ2) is 36.5. The molecule has 0 rings (SSSR count). The van der Waals surface area contributed by atoms with Crippen molar-refractivity contribution in [3.63, 3.8) is 0 Å². The monoisotopic (exact) mass is 744 g/mol. The first-order valence-electron chi connectivity index (χ1n) is 19.9. The molecule has 298 valence electrons. The van der Waals surface area contributed by atoms with Gasteiger partial charge in [-0.1, -0.05) is 147 Å². The van der Waals surface area contributed by atoms with Gasteiger partial charge in [-0.3, -0.25) is 18.6 Å². The molecule has 0 spiro atoms. The lowest BCUT2D eigenvalue weighted by Gasteiger charge is -2.20. The largest absolute Gasteiger partial charge is 0.472 e. The van der Waals surface area contributed by atoms with Crippen molar-refractivity contribution in [1.29, 1.82) is 0 Å². The van der Waals surface area contributed by atoms with Gasteiger partial charge in [0.25, 0.3) is 0 Å². The molecule has 0 aromatic heterocycles. The van der Waals surface area contributed by atoms with E-state index in [0.29, 0.717) is 12.8 Å². The van der Waals surface area contributed by atoms with Gasteiger partial charge < -0.3 is 24.6 Å². The molecule has 3 atom stereocenters. The van der Waals surface area contributed by atoms with E-state index in [9.17, 15) is 24.2 Å². The lowest BCUT2D eigenvalue weighted by atomic mass is 10.0. The van der Waals surface area contributed by atoms with Crippen LogP contribution in [0.1, 0.15) is 168 Å². The summed E-state index contributed by atoms with van der Waals surface area (Å²) in [4.78, 5) is 34.8. The van der Waals surface area contributed by atoms with Crippen LogP contribution < -0.4 is 0 Å². The van der Waals surface area contributed by atoms with E-state index >= 15 is 0 Å². The van der Waals surface area contributed by atoms with E-state index in [1.807, 2.05) is 0 Å². The summed E-state index contributed by atoms with van der Waals surface area (Å²) in [6.45, 7) is 2.22. The van der Waals surface area contributed by atoms with Crippen molar-refractivity contribution in [3.8, 4) is 0 Å². The third kappa shape index (κ3) is 36.3. The number of rotatable bonds is 37. The van der Waals surface area contributed by atoms with Gasteiger partial charge in [0, 0.05) is 12.8 Å². The molecule has 3 N–H and O–H groups in total. The summed E-state index contributed by atoms with van der Waals surface area (Å²) >= 11 is 0. The highest BCUT2D eigenvalue weighted by atomic mass is 31.2. The van der Waals surface area contributed by atoms with E-state index in [1.54, 1.807) is 0 Å². The van der Waals surface area contributed by atoms with Gasteiger partial charge in [-0.25, -0.2) is 4.57 Å². The molecule has 0 aliphatic rings. The third-order valence-electron chi connectivity index (χ3n) is 8.31. The Bertz CT molecular complexity index is 952. The van der Waals surface area contributed by atoms with E-state index in [0.717, 1.165) is 57.8 Å². The Balaban J connectivity index is 4.36. The van der Waals surface area contributed by atoms with E-state index in [1.165, 1.54) is 70.6 Å². The summed E-state index contributed by atoms with van der Waals surface area (Å²) < 4.78 is 32.6. The van der Waals surface area contributed by atoms with Crippen LogP contribution >= 0.6 is 7.82 Å². The average molecular weight is 745 g/mol. The van der Waals surface area contributed by atoms with Gasteiger partial charge in [-0.15, -0.1) is 0 Å². The third-order valence-corrected chi connectivity index (χ3v) is 9.26. The van der Waals surface area contributed by atoms with Gasteiger partial charge in [0.05, 0.1) is 19.8 Å². The maximum Gasteiger partial charge on any atom is 0.472 e. The van der Waals surface area contributed by atoms with Crippen LogP contribution in [0.3, 0.4) is 0 Å². The first-order chi connectivity index (χ1) is 24.7. The van der Waals surface area contributed by atoms with Crippen molar-refractivity contribution in [1.82, 2.24) is 0 Å². The second-order valence-electron chi connectivity index (χ2n) is 13.3. The highest BCUT2D eigenvalue weighted by Gasteiger charge is 2.27. The van der Waals surface area contributed by atoms with Crippen molar-refractivity contribution in [2.75, 3.05) is 26.4 Å². The number of phosphoric ester groups is 1. The fourth-order valence-corrected chi connectivity index (χ4v) is 6.03. The molecule has 0 bridgehead atoms. The van der Waals surface area contributed by atoms with Crippen molar-refractivity contribution in [2.24, 2.45) is 0 Å². The summed E-state index contributed by atoms with van der Waals surface area (Å²) in [5.41, 5.74) is 0. The fraction of sp³-hybridized carbons (Fsp3) is 0.800. The van der Waals surface area contributed by atoms with Gasteiger partial charge in [-0.05, 0) is 44.9 Å². The maximum atomic E-state index is 12.5. The van der Waals surface area contributed by atoms with Crippen molar-refractivity contribution in [3.05, 3.63) is 36.5 Å². The van der Waals surface area contributed by atoms with Gasteiger partial charge in [0.15, 0.2) is 6.10 Å². The molecule has 3 unspecified atom stereocenters. The first kappa shape index (κ1) is 49.2. The number of aliphatic hydroxyl groups excluding tert-OH is 2. The molecule has 0 saturated heterocycles. The average Bonchev–Trinajstić information content (AvgIpc) is 3.12. The Morgan fingerprint density at radius 3 is 1.63 bits per heavy atom. The number of phosphoric acid groups is 1. The standard InChI is InChI=1S/C40H73O10P/c1-3-5-7-9-11-13-15-17-18-20-21-23-25-27-29-31-39(43)47-35-38(36-49-51(45,46)48-34-37(42)33-41)50-40(44)32-30-28-26-24-22-19-16-14-12-10-8-6-4-2/h6,8,12,14,19,22,37-38,41-42H,3-5,7,9-11,13,15-18,20-21,23-36H2,1-2H3,(H,45,46)/b8-6-,14-12-,22-19-. The predicted molar refractivity (Wildman–Crippen MR) is 205 cm³/mol. The zero-order valence-electron chi connectivity index (χ0n) is 32.1. The maximum absolute atomic E-state index is 12.5. The van der Waals surface area contributed by atoms with Crippen molar-refractivity contribution < 1.29 is 47.8 Å². The number of hydrogen-bond acceptors (Lipinski definition) is 9. The molecular formula is C40H73O10P. The van der Waals surface area contributed by atoms with E-state index in [-0.39, 0.29) is 19.4 Å². The van der Waals surface area contributed by atoms with Gasteiger partial charge in [-0.2, -0.15) is 0 Å². The van der Waals surface area contributed by atoms with Gasteiger partial charge in [0.2, 0.25) is 0 Å². The van der Waals surface area contributed by atoms with E-state index in [4.69, 9.17) is 19.1 Å². The minimum atomic E-state index is -4.62. The van der Waals surface area contributed by atoms with Crippen LogP contribution in [0.5, 0.6) is 0 Å². The van der Waals surface area contributed by atoms with Crippen LogP contribution in [0.25, 0.3) is 0 Å². The molecule has 51 heavy (non-hydrogen) atoms. The summed E-state index contributed by atoms with van der Waals surface area (Å²) in [6.07, 6.45) is 35.5. The van der Waals surface area contributed by atoms with Crippen molar-refractivity contribution in [2.45, 2.75) is 180 Å². The van der Waals surface area contributed by atoms with Crippen LogP contribution in [-0.4, -0.2) is 65.7 Å². The molecule has 0 fully saturated rings. The minimum absolute atomic E-state index is 0.150. The highest BCUT2D eigenvalue weighted by Crippen LogP contribution is 2.43. The number of unbranched alkanes of at least 4 members (excludes halogenated alkanes) is 17. The van der Waals surface area contributed by atoms with E-state index < -0.39 is 51.8 Å². The highest BCUT2D eigenvalue weighted by molar-refractivity contribution is 7.47. The second-order valence-corrected chi connectivity index (χ2v) is 14.7. The number of esters is 2. The molecule has 0 aliphatic carbocycles. The smallest absolute Gasteiger partial charge is 0.462 e. The molecule has 0 aromatic carbocycles. The number of carbonyl (C=O) groups is 2. The summed E-state index contributed by atoms with van der Waals surface area (Å²) in [5, 5.41) is 18.3. The molecule has 0 heterocycles. The van der Waals surface area contributed by atoms with Crippen LogP contribution in [0.15, 0.2) is 36.5 Å². The molecule has 10 nitrogen and oxygen atoms in total. The summed E-state index contributed by atoms with van der Waals surface area (Å²) in [5.74, 6) is -0.957. The Labute approximate surface area is 310 Å². The predicted octanol–water partition coefficient (Wildman–Crippen LogP) is 10.00. The number of aliphatic hydroxyl groups is 2. The van der Waals surface area contributed by atoms with Gasteiger partial charge >= 0.3 is 19.8 Å². The molecule has 11 heteroatoms. The number of hydrogen-bond donors (Lipinski definition) is 3. The molecule has 0 radical (unpaired) electrons. The topological polar surface area (TPSA) is 149 Å². The molecule has 0 aliphatic heterocycles. The Kier molecular flexibility index (Phi) is 35.2. The Hall–Kier alpha value is -1.81. The summed E-state index contributed by atoms with van der Waals surface area (Å²) in [7, 11) is -4.62. The number of carbonyl (C=O) groups excluding carboxylic acids is 2.